The number of carbonyl (C=O) groups is 2. The van der Waals surface area contributed by atoms with Gasteiger partial charge in [-0.1, -0.05) is 18.2 Å². The standard InChI is InChI=1S/C22H23F4N3O2/c1-28(2)12-15-6-7-18(10-19(15)23)27-21(31)16-9-20(30)29(13-16)11-14-4-3-5-17(8-14)22(24,25)26/h3-8,10,16H,9,11-13H2,1-2H3,(H,27,31)/t16-/m1/s1. The number of benzene rings is 2. The molecule has 9 heteroatoms. The van der Waals surface area contributed by atoms with Crippen LogP contribution in [-0.2, 0) is 28.9 Å². The fraction of sp³-hybridized carbons (Fsp3) is 0.364. The lowest BCUT2D eigenvalue weighted by Crippen LogP contribution is -2.28. The molecule has 0 unspecified atom stereocenters. The van der Waals surface area contributed by atoms with Crippen LogP contribution in [0.5, 0.6) is 0 Å². The number of rotatable bonds is 6. The Morgan fingerprint density at radius 2 is 1.94 bits per heavy atom. The largest absolute Gasteiger partial charge is 0.416 e. The van der Waals surface area contributed by atoms with Gasteiger partial charge in [0, 0.05) is 37.3 Å². The summed E-state index contributed by atoms with van der Waals surface area (Å²) < 4.78 is 52.9. The van der Waals surface area contributed by atoms with Crippen LogP contribution in [0.3, 0.4) is 0 Å². The topological polar surface area (TPSA) is 52.7 Å². The Bertz CT molecular complexity index is 975. The second-order valence-electron chi connectivity index (χ2n) is 7.91. The molecule has 1 aliphatic rings. The maximum atomic E-state index is 14.2. The van der Waals surface area contributed by atoms with Gasteiger partial charge in [0.1, 0.15) is 5.82 Å². The van der Waals surface area contributed by atoms with E-state index in [1.807, 2.05) is 19.0 Å². The molecule has 2 aromatic rings. The summed E-state index contributed by atoms with van der Waals surface area (Å²) in [5, 5.41) is 2.62. The van der Waals surface area contributed by atoms with Gasteiger partial charge in [0.15, 0.2) is 0 Å². The molecular formula is C22H23F4N3O2. The summed E-state index contributed by atoms with van der Waals surface area (Å²) in [7, 11) is 3.63. The quantitative estimate of drug-likeness (QED) is 0.698. The Kier molecular flexibility index (Phi) is 6.64. The number of anilines is 1. The minimum Gasteiger partial charge on any atom is -0.338 e. The third-order valence-electron chi connectivity index (χ3n) is 5.02. The van der Waals surface area contributed by atoms with E-state index in [1.165, 1.54) is 23.1 Å². The molecule has 1 N–H and O–H groups in total. The van der Waals surface area contributed by atoms with Gasteiger partial charge in [-0.2, -0.15) is 13.2 Å². The van der Waals surface area contributed by atoms with Crippen LogP contribution >= 0.6 is 0 Å². The van der Waals surface area contributed by atoms with Crippen LogP contribution in [0.4, 0.5) is 23.2 Å². The molecule has 3 rings (SSSR count). The van der Waals surface area contributed by atoms with Crippen molar-refractivity contribution < 1.29 is 27.2 Å². The molecule has 0 radical (unpaired) electrons. The highest BCUT2D eigenvalue weighted by Gasteiger charge is 2.35. The summed E-state index contributed by atoms with van der Waals surface area (Å²) in [5.41, 5.74) is 0.327. The monoisotopic (exact) mass is 437 g/mol. The molecule has 1 atom stereocenters. The molecule has 5 nitrogen and oxygen atoms in total. The van der Waals surface area contributed by atoms with E-state index >= 15 is 0 Å². The fourth-order valence-electron chi connectivity index (χ4n) is 3.51. The van der Waals surface area contributed by atoms with Crippen molar-refractivity contribution in [3.05, 3.63) is 65.0 Å². The average molecular weight is 437 g/mol. The van der Waals surface area contributed by atoms with Gasteiger partial charge in [0.2, 0.25) is 11.8 Å². The van der Waals surface area contributed by atoms with Crippen molar-refractivity contribution in [2.45, 2.75) is 25.7 Å². The summed E-state index contributed by atoms with van der Waals surface area (Å²) in [6, 6.07) is 9.17. The lowest BCUT2D eigenvalue weighted by Gasteiger charge is -2.18. The second-order valence-corrected chi connectivity index (χ2v) is 7.91. The number of hydrogen-bond donors (Lipinski definition) is 1. The molecule has 0 aliphatic carbocycles. The smallest absolute Gasteiger partial charge is 0.338 e. The van der Waals surface area contributed by atoms with E-state index < -0.39 is 29.4 Å². The van der Waals surface area contributed by atoms with Crippen LogP contribution in [0.25, 0.3) is 0 Å². The lowest BCUT2D eigenvalue weighted by molar-refractivity contribution is -0.137. The first-order chi connectivity index (χ1) is 14.5. The molecule has 1 saturated heterocycles. The minimum absolute atomic E-state index is 0.0135. The summed E-state index contributed by atoms with van der Waals surface area (Å²) in [6.07, 6.45) is -4.52. The highest BCUT2D eigenvalue weighted by molar-refractivity contribution is 5.97. The van der Waals surface area contributed by atoms with E-state index in [9.17, 15) is 27.2 Å². The summed E-state index contributed by atoms with van der Waals surface area (Å²) in [6.45, 7) is 0.490. The molecule has 2 aromatic carbocycles. The number of alkyl halides is 3. The first kappa shape index (κ1) is 22.7. The van der Waals surface area contributed by atoms with Gasteiger partial charge in [-0.15, -0.1) is 0 Å². The third-order valence-corrected chi connectivity index (χ3v) is 5.02. The second kappa shape index (κ2) is 9.05. The Balaban J connectivity index is 1.62. The first-order valence-corrected chi connectivity index (χ1v) is 9.71. The first-order valence-electron chi connectivity index (χ1n) is 9.71. The Labute approximate surface area is 177 Å². The third kappa shape index (κ3) is 5.81. The molecular weight excluding hydrogens is 414 g/mol. The van der Waals surface area contributed by atoms with E-state index in [1.54, 1.807) is 12.1 Å². The van der Waals surface area contributed by atoms with E-state index in [4.69, 9.17) is 0 Å². The van der Waals surface area contributed by atoms with Gasteiger partial charge in [-0.3, -0.25) is 9.59 Å². The van der Waals surface area contributed by atoms with Gasteiger partial charge in [0.05, 0.1) is 11.5 Å². The van der Waals surface area contributed by atoms with Crippen molar-refractivity contribution in [2.24, 2.45) is 5.92 Å². The molecule has 1 fully saturated rings. The van der Waals surface area contributed by atoms with Crippen molar-refractivity contribution in [1.29, 1.82) is 0 Å². The van der Waals surface area contributed by atoms with Crippen molar-refractivity contribution in [1.82, 2.24) is 9.80 Å². The number of nitrogens with one attached hydrogen (secondary N) is 1. The Morgan fingerprint density at radius 1 is 1.19 bits per heavy atom. The van der Waals surface area contributed by atoms with E-state index in [2.05, 4.69) is 5.32 Å². The molecule has 0 spiro atoms. The summed E-state index contributed by atoms with van der Waals surface area (Å²) in [4.78, 5) is 28.0. The molecule has 166 valence electrons. The number of carbonyl (C=O) groups excluding carboxylic acids is 2. The Hall–Kier alpha value is -2.94. The van der Waals surface area contributed by atoms with Gasteiger partial charge in [0.25, 0.3) is 0 Å². The Morgan fingerprint density at radius 3 is 2.58 bits per heavy atom. The molecule has 0 aromatic heterocycles. The van der Waals surface area contributed by atoms with E-state index in [0.717, 1.165) is 12.1 Å². The van der Waals surface area contributed by atoms with Gasteiger partial charge in [-0.05, 0) is 43.9 Å². The molecule has 1 aliphatic heterocycles. The van der Waals surface area contributed by atoms with Crippen LogP contribution in [0.2, 0.25) is 0 Å². The van der Waals surface area contributed by atoms with Crippen molar-refractivity contribution in [2.75, 3.05) is 26.0 Å². The van der Waals surface area contributed by atoms with E-state index in [0.29, 0.717) is 17.7 Å². The van der Waals surface area contributed by atoms with E-state index in [-0.39, 0.29) is 31.1 Å². The van der Waals surface area contributed by atoms with Crippen LogP contribution in [0.1, 0.15) is 23.1 Å². The minimum atomic E-state index is -4.47. The molecule has 2 amide bonds. The molecule has 0 saturated carbocycles. The zero-order valence-corrected chi connectivity index (χ0v) is 17.2. The van der Waals surface area contributed by atoms with Crippen molar-refractivity contribution in [3.63, 3.8) is 0 Å². The maximum Gasteiger partial charge on any atom is 0.416 e. The molecule has 0 bridgehead atoms. The van der Waals surface area contributed by atoms with Crippen LogP contribution in [0.15, 0.2) is 42.5 Å². The van der Waals surface area contributed by atoms with Gasteiger partial charge < -0.3 is 15.1 Å². The highest BCUT2D eigenvalue weighted by atomic mass is 19.4. The number of amides is 2. The number of likely N-dealkylation sites (tertiary alicyclic amines) is 1. The molecule has 31 heavy (non-hydrogen) atoms. The van der Waals surface area contributed by atoms with Gasteiger partial charge >= 0.3 is 6.18 Å². The zero-order valence-electron chi connectivity index (χ0n) is 17.2. The SMILES string of the molecule is CN(C)Cc1ccc(NC(=O)[C@@H]2CC(=O)N(Cc3cccc(C(F)(F)F)c3)C2)cc1F. The van der Waals surface area contributed by atoms with Crippen molar-refractivity contribution >= 4 is 17.5 Å². The summed E-state index contributed by atoms with van der Waals surface area (Å²) in [5.74, 6) is -1.85. The van der Waals surface area contributed by atoms with Crippen LogP contribution in [0, 0.1) is 11.7 Å². The highest BCUT2D eigenvalue weighted by Crippen LogP contribution is 2.30. The van der Waals surface area contributed by atoms with Crippen LogP contribution < -0.4 is 5.32 Å². The summed E-state index contributed by atoms with van der Waals surface area (Å²) >= 11 is 0. The van der Waals surface area contributed by atoms with Crippen molar-refractivity contribution in [3.8, 4) is 0 Å². The number of hydrogen-bond acceptors (Lipinski definition) is 3. The molecule has 1 heterocycles. The maximum absolute atomic E-state index is 14.2. The predicted molar refractivity (Wildman–Crippen MR) is 107 cm³/mol. The predicted octanol–water partition coefficient (Wildman–Crippen LogP) is 3.89. The number of nitrogens with zero attached hydrogens (tertiary/aromatic N) is 2. The lowest BCUT2D eigenvalue weighted by atomic mass is 10.1. The average Bonchev–Trinajstić information content (AvgIpc) is 3.04. The number of halogens is 4. The fourth-order valence-corrected chi connectivity index (χ4v) is 3.51. The van der Waals surface area contributed by atoms with Gasteiger partial charge in [-0.25, -0.2) is 4.39 Å². The normalized spacial score (nSPS) is 16.8. The van der Waals surface area contributed by atoms with Crippen LogP contribution in [-0.4, -0.2) is 42.3 Å². The zero-order chi connectivity index (χ0) is 22.8.